The Hall–Kier alpha value is -2.11. The van der Waals surface area contributed by atoms with E-state index in [0.29, 0.717) is 24.1 Å². The highest BCUT2D eigenvalue weighted by Gasteiger charge is 2.22. The van der Waals surface area contributed by atoms with E-state index in [0.717, 1.165) is 48.9 Å². The average molecular weight is 358 g/mol. The molecule has 0 spiro atoms. The Labute approximate surface area is 155 Å². The topological polar surface area (TPSA) is 71.8 Å². The molecule has 0 saturated heterocycles. The number of aromatic nitrogens is 3. The van der Waals surface area contributed by atoms with Crippen molar-refractivity contribution in [3.05, 3.63) is 18.0 Å². The molecule has 0 aromatic carbocycles. The SMILES string of the molecule is CCC(CC)CNC(=O)c1cnc2c(cnn2CC)c1NC1CCCC1. The van der Waals surface area contributed by atoms with Crippen molar-refractivity contribution in [1.29, 1.82) is 0 Å². The standard InChI is InChI=1S/C20H31N5O/c1-4-14(5-2)11-22-20(26)17-12-21-19-16(13-23-25(19)6-3)18(17)24-15-9-7-8-10-15/h12-15H,4-11H2,1-3H3,(H,21,24)(H,22,26). The molecule has 142 valence electrons. The number of hydrogen-bond donors (Lipinski definition) is 2. The van der Waals surface area contributed by atoms with Crippen LogP contribution in [0.2, 0.25) is 0 Å². The molecule has 2 aromatic heterocycles. The van der Waals surface area contributed by atoms with Gasteiger partial charge in [0.15, 0.2) is 5.65 Å². The molecular weight excluding hydrogens is 326 g/mol. The van der Waals surface area contributed by atoms with Gasteiger partial charge in [-0.3, -0.25) is 4.79 Å². The van der Waals surface area contributed by atoms with Gasteiger partial charge in [-0.25, -0.2) is 9.67 Å². The van der Waals surface area contributed by atoms with Crippen LogP contribution in [0.1, 0.15) is 69.7 Å². The van der Waals surface area contributed by atoms with Gasteiger partial charge < -0.3 is 10.6 Å². The molecule has 1 saturated carbocycles. The van der Waals surface area contributed by atoms with Crippen LogP contribution in [0.4, 0.5) is 5.69 Å². The summed E-state index contributed by atoms with van der Waals surface area (Å²) in [6, 6.07) is 0.427. The highest BCUT2D eigenvalue weighted by molar-refractivity contribution is 6.06. The minimum absolute atomic E-state index is 0.0453. The fourth-order valence-electron chi connectivity index (χ4n) is 3.77. The van der Waals surface area contributed by atoms with Gasteiger partial charge in [-0.1, -0.05) is 39.5 Å². The Morgan fingerprint density at radius 3 is 2.62 bits per heavy atom. The highest BCUT2D eigenvalue weighted by atomic mass is 16.1. The van der Waals surface area contributed by atoms with Crippen molar-refractivity contribution in [1.82, 2.24) is 20.1 Å². The van der Waals surface area contributed by atoms with Crippen LogP contribution in [0.3, 0.4) is 0 Å². The Morgan fingerprint density at radius 2 is 1.96 bits per heavy atom. The first-order valence-electron chi connectivity index (χ1n) is 10.1. The molecule has 2 heterocycles. The number of fused-ring (bicyclic) bond motifs is 1. The zero-order valence-corrected chi connectivity index (χ0v) is 16.2. The summed E-state index contributed by atoms with van der Waals surface area (Å²) in [4.78, 5) is 17.4. The number of pyridine rings is 1. The number of amides is 1. The molecule has 1 fully saturated rings. The van der Waals surface area contributed by atoms with E-state index < -0.39 is 0 Å². The van der Waals surface area contributed by atoms with Gasteiger partial charge in [0.25, 0.3) is 5.91 Å². The average Bonchev–Trinajstić information content (AvgIpc) is 3.32. The first-order chi connectivity index (χ1) is 12.7. The van der Waals surface area contributed by atoms with E-state index in [2.05, 4.69) is 41.5 Å². The van der Waals surface area contributed by atoms with Crippen LogP contribution in [0.15, 0.2) is 12.4 Å². The van der Waals surface area contributed by atoms with E-state index in [1.165, 1.54) is 12.8 Å². The first-order valence-corrected chi connectivity index (χ1v) is 10.1. The summed E-state index contributed by atoms with van der Waals surface area (Å²) in [6.07, 6.45) is 10.5. The Morgan fingerprint density at radius 1 is 1.23 bits per heavy atom. The normalized spacial score (nSPS) is 15.1. The van der Waals surface area contributed by atoms with Crippen molar-refractivity contribution >= 4 is 22.6 Å². The molecule has 0 radical (unpaired) electrons. The van der Waals surface area contributed by atoms with Crippen LogP contribution in [-0.4, -0.2) is 33.3 Å². The lowest BCUT2D eigenvalue weighted by Gasteiger charge is -2.19. The number of nitrogens with one attached hydrogen (secondary N) is 2. The lowest BCUT2D eigenvalue weighted by molar-refractivity contribution is 0.0947. The predicted molar refractivity (Wildman–Crippen MR) is 105 cm³/mol. The van der Waals surface area contributed by atoms with E-state index in [1.54, 1.807) is 6.20 Å². The molecule has 0 bridgehead atoms. The molecule has 26 heavy (non-hydrogen) atoms. The van der Waals surface area contributed by atoms with Gasteiger partial charge in [0.05, 0.1) is 22.8 Å². The molecule has 0 aliphatic heterocycles. The van der Waals surface area contributed by atoms with Gasteiger partial charge in [-0.05, 0) is 25.7 Å². The molecule has 0 unspecified atom stereocenters. The second kappa shape index (κ2) is 8.52. The summed E-state index contributed by atoms with van der Waals surface area (Å²) < 4.78 is 1.88. The quantitative estimate of drug-likeness (QED) is 0.750. The number of rotatable bonds is 8. The van der Waals surface area contributed by atoms with Crippen molar-refractivity contribution in [3.8, 4) is 0 Å². The number of hydrogen-bond acceptors (Lipinski definition) is 4. The van der Waals surface area contributed by atoms with Crippen molar-refractivity contribution in [3.63, 3.8) is 0 Å². The Bertz CT molecular complexity index is 744. The predicted octanol–water partition coefficient (Wildman–Crippen LogP) is 3.97. The molecule has 2 aromatic rings. The van der Waals surface area contributed by atoms with Gasteiger partial charge >= 0.3 is 0 Å². The van der Waals surface area contributed by atoms with Crippen molar-refractivity contribution in [2.45, 2.75) is 71.9 Å². The minimum atomic E-state index is -0.0453. The van der Waals surface area contributed by atoms with Gasteiger partial charge in [-0.2, -0.15) is 5.10 Å². The number of nitrogens with zero attached hydrogens (tertiary/aromatic N) is 3. The summed E-state index contributed by atoms with van der Waals surface area (Å²) in [5.41, 5.74) is 2.36. The molecule has 0 atom stereocenters. The lowest BCUT2D eigenvalue weighted by Crippen LogP contribution is -2.30. The van der Waals surface area contributed by atoms with E-state index in [1.807, 2.05) is 10.9 Å². The van der Waals surface area contributed by atoms with E-state index >= 15 is 0 Å². The largest absolute Gasteiger partial charge is 0.381 e. The summed E-state index contributed by atoms with van der Waals surface area (Å²) in [6.45, 7) is 7.86. The number of anilines is 1. The smallest absolute Gasteiger partial charge is 0.254 e. The van der Waals surface area contributed by atoms with Gasteiger partial charge in [0.2, 0.25) is 0 Å². The van der Waals surface area contributed by atoms with Crippen LogP contribution in [-0.2, 0) is 6.54 Å². The summed E-state index contributed by atoms with van der Waals surface area (Å²) in [5.74, 6) is 0.473. The number of carbonyl (C=O) groups is 1. The molecule has 6 heteroatoms. The molecule has 1 aliphatic carbocycles. The maximum absolute atomic E-state index is 12.9. The third-order valence-corrected chi connectivity index (χ3v) is 5.62. The third-order valence-electron chi connectivity index (χ3n) is 5.62. The van der Waals surface area contributed by atoms with E-state index in [4.69, 9.17) is 0 Å². The maximum atomic E-state index is 12.9. The van der Waals surface area contributed by atoms with Crippen LogP contribution >= 0.6 is 0 Å². The molecule has 6 nitrogen and oxygen atoms in total. The van der Waals surface area contributed by atoms with Crippen LogP contribution in [0, 0.1) is 5.92 Å². The fraction of sp³-hybridized carbons (Fsp3) is 0.650. The number of aryl methyl sites for hydroxylation is 1. The molecular formula is C20H31N5O. The van der Waals surface area contributed by atoms with Crippen LogP contribution < -0.4 is 10.6 Å². The van der Waals surface area contributed by atoms with Crippen molar-refractivity contribution < 1.29 is 4.79 Å². The highest BCUT2D eigenvalue weighted by Crippen LogP contribution is 2.30. The summed E-state index contributed by atoms with van der Waals surface area (Å²) >= 11 is 0. The second-order valence-electron chi connectivity index (χ2n) is 7.26. The fourth-order valence-corrected chi connectivity index (χ4v) is 3.77. The van der Waals surface area contributed by atoms with E-state index in [9.17, 15) is 4.79 Å². The first kappa shape index (κ1) is 18.7. The molecule has 3 rings (SSSR count). The zero-order valence-electron chi connectivity index (χ0n) is 16.2. The molecule has 1 amide bonds. The lowest BCUT2D eigenvalue weighted by atomic mass is 10.0. The van der Waals surface area contributed by atoms with Crippen molar-refractivity contribution in [2.24, 2.45) is 5.92 Å². The van der Waals surface area contributed by atoms with Gasteiger partial charge in [0.1, 0.15) is 0 Å². The van der Waals surface area contributed by atoms with Crippen LogP contribution in [0.25, 0.3) is 11.0 Å². The second-order valence-corrected chi connectivity index (χ2v) is 7.26. The van der Waals surface area contributed by atoms with Gasteiger partial charge in [0, 0.05) is 25.3 Å². The van der Waals surface area contributed by atoms with Gasteiger partial charge in [-0.15, -0.1) is 0 Å². The summed E-state index contributed by atoms with van der Waals surface area (Å²) in [7, 11) is 0. The van der Waals surface area contributed by atoms with E-state index in [-0.39, 0.29) is 5.91 Å². The monoisotopic (exact) mass is 357 g/mol. The zero-order chi connectivity index (χ0) is 18.5. The third kappa shape index (κ3) is 3.84. The number of carbonyl (C=O) groups excluding carboxylic acids is 1. The maximum Gasteiger partial charge on any atom is 0.254 e. The van der Waals surface area contributed by atoms with Crippen molar-refractivity contribution in [2.75, 3.05) is 11.9 Å². The molecule has 2 N–H and O–H groups in total. The summed E-state index contributed by atoms with van der Waals surface area (Å²) in [5, 5.41) is 12.1. The Kier molecular flexibility index (Phi) is 6.12. The van der Waals surface area contributed by atoms with Crippen LogP contribution in [0.5, 0.6) is 0 Å². The minimum Gasteiger partial charge on any atom is -0.381 e. The molecule has 1 aliphatic rings. The Balaban J connectivity index is 1.91.